The van der Waals surface area contributed by atoms with E-state index in [2.05, 4.69) is 9.99 Å². The zero-order valence-electron chi connectivity index (χ0n) is 14.4. The lowest BCUT2D eigenvalue weighted by atomic mass is 10.1. The van der Waals surface area contributed by atoms with Gasteiger partial charge >= 0.3 is 0 Å². The third-order valence-electron chi connectivity index (χ3n) is 3.38. The molecule has 0 aliphatic carbocycles. The van der Waals surface area contributed by atoms with E-state index in [0.29, 0.717) is 34.6 Å². The van der Waals surface area contributed by atoms with Gasteiger partial charge in [-0.05, 0) is 17.2 Å². The van der Waals surface area contributed by atoms with Crippen LogP contribution >= 0.6 is 46.4 Å². The second-order valence-corrected chi connectivity index (χ2v) is 7.10. The topological polar surface area (TPSA) is 40.0 Å². The SMILES string of the molecule is CON=Cc1ccc(CCOc2c(Cl)cc(OCC=C(Cl)Cl)cc2Cl)cc1. The fraction of sp³-hybridized carbons (Fsp3) is 0.211. The van der Waals surface area contributed by atoms with Crippen molar-refractivity contribution < 1.29 is 14.3 Å². The molecule has 0 bridgehead atoms. The molecular weight excluding hydrogens is 432 g/mol. The van der Waals surface area contributed by atoms with E-state index in [0.717, 1.165) is 11.1 Å². The fourth-order valence-electron chi connectivity index (χ4n) is 2.11. The van der Waals surface area contributed by atoms with Crippen molar-refractivity contribution >= 4 is 52.6 Å². The van der Waals surface area contributed by atoms with Gasteiger partial charge in [0.15, 0.2) is 5.75 Å². The van der Waals surface area contributed by atoms with E-state index in [4.69, 9.17) is 55.9 Å². The average Bonchev–Trinajstić information content (AvgIpc) is 2.63. The molecule has 0 heterocycles. The zero-order chi connectivity index (χ0) is 19.6. The molecule has 2 aromatic rings. The van der Waals surface area contributed by atoms with Crippen molar-refractivity contribution in [3.8, 4) is 11.5 Å². The first-order valence-corrected chi connectivity index (χ1v) is 9.42. The van der Waals surface area contributed by atoms with Gasteiger partial charge < -0.3 is 14.3 Å². The molecule has 27 heavy (non-hydrogen) atoms. The van der Waals surface area contributed by atoms with Crippen molar-refractivity contribution in [3.05, 3.63) is 68.1 Å². The van der Waals surface area contributed by atoms with Crippen LogP contribution in [-0.4, -0.2) is 26.5 Å². The van der Waals surface area contributed by atoms with E-state index in [9.17, 15) is 0 Å². The molecule has 144 valence electrons. The highest BCUT2D eigenvalue weighted by Gasteiger charge is 2.11. The Bertz CT molecular complexity index is 780. The number of nitrogens with zero attached hydrogens (tertiary/aromatic N) is 1. The maximum atomic E-state index is 6.24. The van der Waals surface area contributed by atoms with Crippen molar-refractivity contribution in [2.75, 3.05) is 20.3 Å². The van der Waals surface area contributed by atoms with Crippen molar-refractivity contribution in [1.29, 1.82) is 0 Å². The van der Waals surface area contributed by atoms with Gasteiger partial charge in [-0.2, -0.15) is 0 Å². The Morgan fingerprint density at radius 3 is 2.30 bits per heavy atom. The summed E-state index contributed by atoms with van der Waals surface area (Å²) in [5.74, 6) is 0.914. The minimum atomic E-state index is 0.131. The van der Waals surface area contributed by atoms with E-state index in [1.54, 1.807) is 18.3 Å². The van der Waals surface area contributed by atoms with Crippen LogP contribution in [0.5, 0.6) is 11.5 Å². The fourth-order valence-corrected chi connectivity index (χ4v) is 2.82. The normalized spacial score (nSPS) is 10.7. The van der Waals surface area contributed by atoms with Crippen LogP contribution in [0, 0.1) is 0 Å². The van der Waals surface area contributed by atoms with Gasteiger partial charge in [-0.1, -0.05) is 75.8 Å². The predicted octanol–water partition coefficient (Wildman–Crippen LogP) is 6.29. The van der Waals surface area contributed by atoms with Crippen LogP contribution in [0.1, 0.15) is 11.1 Å². The first kappa shape index (κ1) is 21.7. The molecule has 0 N–H and O–H groups in total. The summed E-state index contributed by atoms with van der Waals surface area (Å²) in [5, 5.41) is 4.45. The molecule has 0 unspecified atom stereocenters. The molecule has 0 saturated heterocycles. The Kier molecular flexibility index (Phi) is 9.08. The summed E-state index contributed by atoms with van der Waals surface area (Å²) < 4.78 is 11.3. The van der Waals surface area contributed by atoms with Gasteiger partial charge in [-0.15, -0.1) is 0 Å². The first-order chi connectivity index (χ1) is 13.0. The van der Waals surface area contributed by atoms with E-state index in [1.807, 2.05) is 24.3 Å². The smallest absolute Gasteiger partial charge is 0.156 e. The summed E-state index contributed by atoms with van der Waals surface area (Å²) in [6.45, 7) is 0.635. The quantitative estimate of drug-likeness (QED) is 0.334. The predicted molar refractivity (Wildman–Crippen MR) is 112 cm³/mol. The average molecular weight is 449 g/mol. The Hall–Kier alpha value is -1.59. The number of hydrogen-bond donors (Lipinski definition) is 0. The number of halogens is 4. The lowest BCUT2D eigenvalue weighted by molar-refractivity contribution is 0.215. The summed E-state index contributed by atoms with van der Waals surface area (Å²) in [6, 6.07) is 11.1. The van der Waals surface area contributed by atoms with Crippen LogP contribution in [0.4, 0.5) is 0 Å². The maximum Gasteiger partial charge on any atom is 0.156 e. The van der Waals surface area contributed by atoms with Crippen molar-refractivity contribution in [2.24, 2.45) is 5.16 Å². The summed E-state index contributed by atoms with van der Waals surface area (Å²) in [4.78, 5) is 4.65. The monoisotopic (exact) mass is 447 g/mol. The second kappa shape index (κ2) is 11.3. The Labute approximate surface area is 178 Å². The summed E-state index contributed by atoms with van der Waals surface area (Å²) in [6.07, 6.45) is 3.85. The van der Waals surface area contributed by atoms with Gasteiger partial charge in [-0.25, -0.2) is 0 Å². The number of ether oxygens (including phenoxy) is 2. The number of benzene rings is 2. The third-order valence-corrected chi connectivity index (χ3v) is 4.25. The van der Waals surface area contributed by atoms with Gasteiger partial charge in [-0.3, -0.25) is 0 Å². The van der Waals surface area contributed by atoms with Crippen LogP contribution in [0.3, 0.4) is 0 Å². The van der Waals surface area contributed by atoms with Gasteiger partial charge in [0.2, 0.25) is 0 Å². The molecule has 0 aliphatic heterocycles. The van der Waals surface area contributed by atoms with Crippen molar-refractivity contribution in [3.63, 3.8) is 0 Å². The van der Waals surface area contributed by atoms with Crippen LogP contribution < -0.4 is 9.47 Å². The molecule has 0 spiro atoms. The lowest BCUT2D eigenvalue weighted by Gasteiger charge is -2.12. The van der Waals surface area contributed by atoms with Crippen LogP contribution in [0.25, 0.3) is 0 Å². The molecule has 0 saturated carbocycles. The molecule has 0 amide bonds. The van der Waals surface area contributed by atoms with Gasteiger partial charge in [0.25, 0.3) is 0 Å². The van der Waals surface area contributed by atoms with E-state index in [-0.39, 0.29) is 11.1 Å². The molecule has 0 atom stereocenters. The van der Waals surface area contributed by atoms with Gasteiger partial charge in [0.1, 0.15) is 24.0 Å². The Morgan fingerprint density at radius 1 is 1.04 bits per heavy atom. The highest BCUT2D eigenvalue weighted by atomic mass is 35.5. The van der Waals surface area contributed by atoms with Crippen molar-refractivity contribution in [1.82, 2.24) is 0 Å². The van der Waals surface area contributed by atoms with Crippen LogP contribution in [0.15, 0.2) is 52.1 Å². The van der Waals surface area contributed by atoms with Gasteiger partial charge in [0.05, 0.1) is 22.9 Å². The minimum absolute atomic E-state index is 0.131. The largest absolute Gasteiger partial charge is 0.490 e. The molecule has 2 aromatic carbocycles. The molecular formula is C19H17Cl4NO3. The first-order valence-electron chi connectivity index (χ1n) is 7.91. The molecule has 8 heteroatoms. The number of oxime groups is 1. The summed E-state index contributed by atoms with van der Waals surface area (Å²) in [5.41, 5.74) is 2.06. The molecule has 0 aromatic heterocycles. The molecule has 0 radical (unpaired) electrons. The van der Waals surface area contributed by atoms with E-state index >= 15 is 0 Å². The Balaban J connectivity index is 1.91. The highest BCUT2D eigenvalue weighted by molar-refractivity contribution is 6.55. The van der Waals surface area contributed by atoms with Crippen molar-refractivity contribution in [2.45, 2.75) is 6.42 Å². The molecule has 4 nitrogen and oxygen atoms in total. The third kappa shape index (κ3) is 7.51. The zero-order valence-corrected chi connectivity index (χ0v) is 17.4. The van der Waals surface area contributed by atoms with E-state index < -0.39 is 0 Å². The lowest BCUT2D eigenvalue weighted by Crippen LogP contribution is -2.03. The number of hydrogen-bond acceptors (Lipinski definition) is 4. The molecule has 0 fully saturated rings. The highest BCUT2D eigenvalue weighted by Crippen LogP contribution is 2.37. The van der Waals surface area contributed by atoms with Crippen LogP contribution in [-0.2, 0) is 11.3 Å². The van der Waals surface area contributed by atoms with E-state index in [1.165, 1.54) is 13.2 Å². The minimum Gasteiger partial charge on any atom is -0.490 e. The summed E-state index contributed by atoms with van der Waals surface area (Å²) in [7, 11) is 1.50. The summed E-state index contributed by atoms with van der Waals surface area (Å²) >= 11 is 23.6. The Morgan fingerprint density at radius 2 is 1.70 bits per heavy atom. The number of rotatable bonds is 9. The van der Waals surface area contributed by atoms with Gasteiger partial charge in [0, 0.05) is 18.6 Å². The molecule has 2 rings (SSSR count). The molecule has 0 aliphatic rings. The second-order valence-electron chi connectivity index (χ2n) is 5.28. The van der Waals surface area contributed by atoms with Crippen LogP contribution in [0.2, 0.25) is 10.0 Å². The maximum absolute atomic E-state index is 6.24. The standard InChI is InChI=1S/C19H17Cl4NO3/c1-25-24-12-14-4-2-13(3-5-14)6-8-27-19-16(20)10-15(11-17(19)21)26-9-7-18(22)23/h2-5,7,10-12H,6,8-9H2,1H3.